The number of benzene rings is 1. The number of nitriles is 1. The van der Waals surface area contributed by atoms with Crippen molar-refractivity contribution in [3.63, 3.8) is 0 Å². The third-order valence-corrected chi connectivity index (χ3v) is 7.21. The van der Waals surface area contributed by atoms with Crippen LogP contribution in [0.3, 0.4) is 0 Å². The van der Waals surface area contributed by atoms with Gasteiger partial charge in [-0.05, 0) is 41.0 Å². The van der Waals surface area contributed by atoms with Gasteiger partial charge in [0.05, 0.1) is 5.75 Å². The van der Waals surface area contributed by atoms with Gasteiger partial charge in [0.2, 0.25) is 0 Å². The Kier molecular flexibility index (Phi) is 9.82. The third kappa shape index (κ3) is 8.33. The van der Waals surface area contributed by atoms with Crippen molar-refractivity contribution in [2.75, 3.05) is 5.75 Å². The molecule has 5 heteroatoms. The highest BCUT2D eigenvalue weighted by molar-refractivity contribution is 7.95. The van der Waals surface area contributed by atoms with E-state index >= 15 is 0 Å². The minimum Gasteiger partial charge on any atom is -0.507 e. The summed E-state index contributed by atoms with van der Waals surface area (Å²) in [5, 5.41) is 20.4. The second-order valence-electron chi connectivity index (χ2n) is 10.5. The number of phenolic OH excluding ortho intramolecular Hbond substituents is 1. The van der Waals surface area contributed by atoms with Crippen molar-refractivity contribution in [1.82, 2.24) is 0 Å². The molecule has 0 aliphatic heterocycles. The van der Waals surface area contributed by atoms with Gasteiger partial charge in [-0.25, -0.2) is 8.42 Å². The molecular formula is C26H41NO3S. The Morgan fingerprint density at radius 1 is 0.935 bits per heavy atom. The molecule has 1 N–H and O–H groups in total. The van der Waals surface area contributed by atoms with Crippen LogP contribution >= 0.6 is 0 Å². The Morgan fingerprint density at radius 3 is 1.81 bits per heavy atom. The molecule has 0 atom stereocenters. The standard InChI is InChI=1S/C26H41NO3S/c1-8-9-10-11-12-13-14-15-31(29,30)21(19-27)16-20-17-22(25(2,3)4)24(28)23(18-20)26(5,6)7/h16-18,28H,8-15H2,1-7H3/b21-16+. The average Bonchev–Trinajstić information content (AvgIpc) is 2.64. The maximum atomic E-state index is 12.8. The zero-order valence-electron chi connectivity index (χ0n) is 20.5. The van der Waals surface area contributed by atoms with Crippen LogP contribution < -0.4 is 0 Å². The molecule has 0 radical (unpaired) electrons. The van der Waals surface area contributed by atoms with Gasteiger partial charge in [0.15, 0.2) is 9.84 Å². The summed E-state index contributed by atoms with van der Waals surface area (Å²) in [6.45, 7) is 14.2. The highest BCUT2D eigenvalue weighted by Crippen LogP contribution is 2.40. The smallest absolute Gasteiger partial charge is 0.188 e. The molecule has 1 aromatic rings. The third-order valence-electron chi connectivity index (χ3n) is 5.51. The number of unbranched alkanes of at least 4 members (excludes halogenated alkanes) is 6. The molecule has 31 heavy (non-hydrogen) atoms. The fourth-order valence-electron chi connectivity index (χ4n) is 3.59. The molecule has 0 unspecified atom stereocenters. The summed E-state index contributed by atoms with van der Waals surface area (Å²) in [5.41, 5.74) is 1.47. The first kappa shape index (κ1) is 27.2. The molecule has 174 valence electrons. The molecule has 0 saturated carbocycles. The van der Waals surface area contributed by atoms with Crippen molar-refractivity contribution in [2.45, 2.75) is 104 Å². The fourth-order valence-corrected chi connectivity index (χ4v) is 4.84. The molecule has 0 spiro atoms. The van der Waals surface area contributed by atoms with Crippen LogP contribution in [0.25, 0.3) is 6.08 Å². The van der Waals surface area contributed by atoms with Gasteiger partial charge in [-0.2, -0.15) is 5.26 Å². The first-order valence-corrected chi connectivity index (χ1v) is 13.1. The minimum atomic E-state index is -3.64. The van der Waals surface area contributed by atoms with Crippen LogP contribution in [-0.2, 0) is 20.7 Å². The van der Waals surface area contributed by atoms with Gasteiger partial charge in [0, 0.05) is 11.1 Å². The van der Waals surface area contributed by atoms with Crippen molar-refractivity contribution in [1.29, 1.82) is 5.26 Å². The van der Waals surface area contributed by atoms with Crippen LogP contribution in [0.15, 0.2) is 17.0 Å². The quantitative estimate of drug-likeness (QED) is 0.309. The minimum absolute atomic E-state index is 0.00346. The van der Waals surface area contributed by atoms with Crippen molar-refractivity contribution >= 4 is 15.9 Å². The first-order valence-electron chi connectivity index (χ1n) is 11.5. The normalized spacial score (nSPS) is 13.3. The van der Waals surface area contributed by atoms with Crippen molar-refractivity contribution in [2.24, 2.45) is 0 Å². The molecule has 0 amide bonds. The summed E-state index contributed by atoms with van der Waals surface area (Å²) in [6, 6.07) is 5.49. The predicted octanol–water partition coefficient (Wildman–Crippen LogP) is 7.02. The van der Waals surface area contributed by atoms with Gasteiger partial charge in [0.25, 0.3) is 0 Å². The molecule has 1 aromatic carbocycles. The lowest BCUT2D eigenvalue weighted by Gasteiger charge is -2.28. The van der Waals surface area contributed by atoms with E-state index in [1.807, 2.05) is 47.6 Å². The zero-order chi connectivity index (χ0) is 23.9. The number of phenols is 1. The largest absolute Gasteiger partial charge is 0.507 e. The maximum absolute atomic E-state index is 12.8. The van der Waals surface area contributed by atoms with Crippen LogP contribution in [-0.4, -0.2) is 19.3 Å². The van der Waals surface area contributed by atoms with Crippen LogP contribution in [0.2, 0.25) is 0 Å². The van der Waals surface area contributed by atoms with E-state index < -0.39 is 9.84 Å². The highest BCUT2D eigenvalue weighted by atomic mass is 32.2. The van der Waals surface area contributed by atoms with Crippen LogP contribution in [0, 0.1) is 11.3 Å². The van der Waals surface area contributed by atoms with Crippen LogP contribution in [0.5, 0.6) is 5.75 Å². The summed E-state index contributed by atoms with van der Waals surface area (Å²) in [4.78, 5) is -0.205. The van der Waals surface area contributed by atoms with Gasteiger partial charge in [-0.1, -0.05) is 87.0 Å². The van der Waals surface area contributed by atoms with E-state index in [1.54, 1.807) is 12.1 Å². The molecule has 0 saturated heterocycles. The number of allylic oxidation sites excluding steroid dienone is 1. The monoisotopic (exact) mass is 447 g/mol. The predicted molar refractivity (Wildman–Crippen MR) is 131 cm³/mol. The van der Waals surface area contributed by atoms with Crippen molar-refractivity contribution in [3.8, 4) is 11.8 Å². The van der Waals surface area contributed by atoms with Crippen molar-refractivity contribution in [3.05, 3.63) is 33.7 Å². The zero-order valence-corrected chi connectivity index (χ0v) is 21.3. The number of hydrogen-bond donors (Lipinski definition) is 1. The lowest BCUT2D eigenvalue weighted by Crippen LogP contribution is -2.17. The first-order chi connectivity index (χ1) is 14.2. The van der Waals surface area contributed by atoms with Crippen molar-refractivity contribution < 1.29 is 13.5 Å². The molecule has 0 heterocycles. The topological polar surface area (TPSA) is 78.2 Å². The van der Waals surface area contributed by atoms with E-state index in [4.69, 9.17) is 0 Å². The summed E-state index contributed by atoms with van der Waals surface area (Å²) in [7, 11) is -3.64. The van der Waals surface area contributed by atoms with Gasteiger partial charge >= 0.3 is 0 Å². The van der Waals surface area contributed by atoms with Crippen LogP contribution in [0.4, 0.5) is 0 Å². The Balaban J connectivity index is 3.17. The number of nitrogens with zero attached hydrogens (tertiary/aromatic N) is 1. The molecule has 0 fully saturated rings. The number of aromatic hydroxyl groups is 1. The summed E-state index contributed by atoms with van der Waals surface area (Å²) in [5.74, 6) is 0.234. The Labute approximate surface area is 190 Å². The van der Waals surface area contributed by atoms with Crippen LogP contribution in [0.1, 0.15) is 110 Å². The molecular weight excluding hydrogens is 406 g/mol. The number of rotatable bonds is 10. The lowest BCUT2D eigenvalue weighted by atomic mass is 9.78. The van der Waals surface area contributed by atoms with Gasteiger partial charge < -0.3 is 5.11 Å². The SMILES string of the molecule is CCCCCCCCCS(=O)(=O)/C(C#N)=C/c1cc(C(C)(C)C)c(O)c(C(C)(C)C)c1. The second-order valence-corrected chi connectivity index (χ2v) is 12.6. The Morgan fingerprint density at radius 2 is 1.39 bits per heavy atom. The molecule has 0 aliphatic rings. The number of hydrogen-bond acceptors (Lipinski definition) is 4. The molecule has 0 aromatic heterocycles. The van der Waals surface area contributed by atoms with E-state index in [0.717, 1.165) is 30.4 Å². The van der Waals surface area contributed by atoms with Gasteiger partial charge in [-0.3, -0.25) is 0 Å². The summed E-state index contributed by atoms with van der Waals surface area (Å²) in [6.07, 6.45) is 8.67. The number of sulfone groups is 1. The van der Waals surface area contributed by atoms with E-state index in [-0.39, 0.29) is 27.2 Å². The Bertz CT molecular complexity index is 872. The van der Waals surface area contributed by atoms with Gasteiger partial charge in [-0.15, -0.1) is 0 Å². The Hall–Kier alpha value is -1.80. The van der Waals surface area contributed by atoms with E-state index in [0.29, 0.717) is 12.0 Å². The van der Waals surface area contributed by atoms with E-state index in [1.165, 1.54) is 25.3 Å². The molecule has 0 aliphatic carbocycles. The fraction of sp³-hybridized carbons (Fsp3) is 0.654. The molecule has 4 nitrogen and oxygen atoms in total. The highest BCUT2D eigenvalue weighted by Gasteiger charge is 2.27. The molecule has 0 bridgehead atoms. The van der Waals surface area contributed by atoms with E-state index in [2.05, 4.69) is 6.92 Å². The van der Waals surface area contributed by atoms with Gasteiger partial charge in [0.1, 0.15) is 16.7 Å². The summed E-state index contributed by atoms with van der Waals surface area (Å²) >= 11 is 0. The maximum Gasteiger partial charge on any atom is 0.188 e. The second kappa shape index (κ2) is 11.2. The summed E-state index contributed by atoms with van der Waals surface area (Å²) < 4.78 is 25.6. The lowest BCUT2D eigenvalue weighted by molar-refractivity contribution is 0.423. The van der Waals surface area contributed by atoms with E-state index in [9.17, 15) is 18.8 Å². The molecule has 1 rings (SSSR count). The average molecular weight is 448 g/mol.